The van der Waals surface area contributed by atoms with Gasteiger partial charge in [0.05, 0.1) is 30.6 Å². The molecular weight excluding hydrogens is 590 g/mol. The number of rotatable bonds is 15. The fraction of sp³-hybridized carbons (Fsp3) is 0.316. The Hall–Kier alpha value is -5.02. The predicted molar refractivity (Wildman–Crippen MR) is 184 cm³/mol. The number of hydrogen-bond donors (Lipinski definition) is 5. The second-order valence-corrected chi connectivity index (χ2v) is 12.7. The minimum absolute atomic E-state index is 0.118. The molecule has 244 valence electrons. The third-order valence-electron chi connectivity index (χ3n) is 8.59. The molecule has 0 spiro atoms. The van der Waals surface area contributed by atoms with Gasteiger partial charge in [-0.3, -0.25) is 14.4 Å². The van der Waals surface area contributed by atoms with Gasteiger partial charge in [-0.2, -0.15) is 0 Å². The Morgan fingerprint density at radius 3 is 1.89 bits per heavy atom. The van der Waals surface area contributed by atoms with Gasteiger partial charge in [0.1, 0.15) is 6.04 Å². The Morgan fingerprint density at radius 1 is 0.787 bits per heavy atom. The van der Waals surface area contributed by atoms with E-state index in [4.69, 9.17) is 5.73 Å². The molecule has 0 saturated heterocycles. The summed E-state index contributed by atoms with van der Waals surface area (Å²) in [5.74, 6) is -1.78. The van der Waals surface area contributed by atoms with Crippen LogP contribution in [-0.4, -0.2) is 51.0 Å². The Balaban J connectivity index is 1.46. The average molecular weight is 634 g/mol. The topological polar surface area (TPSA) is 150 Å². The standard InChI is InChI=1S/C38H43N5O4/c1-24(2)17-33(35(44)21-36(39)45)42-38(47)34(20-30-22-40-23-41-30)43-37(46)29(18-27-13-7-11-25-9-3-5-15-31(25)27)19-28-14-8-12-26-10-4-6-16-32(26)28/h3-16,22-24,29,33-35,44H,17-21H2,1-2H3,(H2,39,45)(H,40,41)(H,42,47)(H,43,46)/t33?,34-,35?/m0/s1. The molecule has 3 atom stereocenters. The largest absolute Gasteiger partial charge is 0.390 e. The SMILES string of the molecule is CC(C)CC(NC(=O)[C@H](Cc1c[nH]cn1)NC(=O)C(Cc1cccc2ccccc12)Cc1cccc2ccccc12)C(O)CC(N)=O. The highest BCUT2D eigenvalue weighted by atomic mass is 16.3. The van der Waals surface area contributed by atoms with E-state index in [9.17, 15) is 19.5 Å². The summed E-state index contributed by atoms with van der Waals surface area (Å²) in [6.07, 6.45) is 3.24. The van der Waals surface area contributed by atoms with Crippen LogP contribution < -0.4 is 16.4 Å². The number of carbonyl (C=O) groups is 3. The van der Waals surface area contributed by atoms with Gasteiger partial charge in [-0.25, -0.2) is 4.98 Å². The number of aliphatic hydroxyl groups excluding tert-OH is 1. The summed E-state index contributed by atoms with van der Waals surface area (Å²) < 4.78 is 0. The van der Waals surface area contributed by atoms with E-state index in [0.29, 0.717) is 25.0 Å². The molecule has 5 aromatic rings. The van der Waals surface area contributed by atoms with Crippen molar-refractivity contribution in [3.05, 3.63) is 114 Å². The maximum Gasteiger partial charge on any atom is 0.243 e. The monoisotopic (exact) mass is 633 g/mol. The minimum Gasteiger partial charge on any atom is -0.390 e. The fourth-order valence-corrected chi connectivity index (χ4v) is 6.29. The van der Waals surface area contributed by atoms with E-state index >= 15 is 0 Å². The highest BCUT2D eigenvalue weighted by Crippen LogP contribution is 2.26. The lowest BCUT2D eigenvalue weighted by Crippen LogP contribution is -2.55. The molecule has 0 bridgehead atoms. The number of amides is 3. The van der Waals surface area contributed by atoms with Crippen molar-refractivity contribution in [3.8, 4) is 0 Å². The number of primary amides is 1. The van der Waals surface area contributed by atoms with Crippen LogP contribution in [0.25, 0.3) is 21.5 Å². The third-order valence-corrected chi connectivity index (χ3v) is 8.59. The van der Waals surface area contributed by atoms with E-state index in [1.54, 1.807) is 6.20 Å². The van der Waals surface area contributed by atoms with Gasteiger partial charge >= 0.3 is 0 Å². The van der Waals surface area contributed by atoms with E-state index in [-0.39, 0.29) is 24.7 Å². The van der Waals surface area contributed by atoms with Crippen molar-refractivity contribution >= 4 is 39.3 Å². The first-order valence-corrected chi connectivity index (χ1v) is 16.2. The Morgan fingerprint density at radius 2 is 1.36 bits per heavy atom. The fourth-order valence-electron chi connectivity index (χ4n) is 6.29. The highest BCUT2D eigenvalue weighted by molar-refractivity contribution is 5.91. The first-order valence-electron chi connectivity index (χ1n) is 16.2. The number of carbonyl (C=O) groups excluding carboxylic acids is 3. The summed E-state index contributed by atoms with van der Waals surface area (Å²) in [7, 11) is 0. The minimum atomic E-state index is -1.16. The van der Waals surface area contributed by atoms with E-state index in [0.717, 1.165) is 32.7 Å². The van der Waals surface area contributed by atoms with Crippen molar-refractivity contribution < 1.29 is 19.5 Å². The lowest BCUT2D eigenvalue weighted by molar-refractivity contribution is -0.132. The van der Waals surface area contributed by atoms with Crippen LogP contribution in [0.15, 0.2) is 97.5 Å². The Bertz CT molecular complexity index is 1730. The van der Waals surface area contributed by atoms with E-state index in [2.05, 4.69) is 69.1 Å². The van der Waals surface area contributed by atoms with Crippen molar-refractivity contribution in [2.24, 2.45) is 17.6 Å². The number of hydrogen-bond acceptors (Lipinski definition) is 5. The smallest absolute Gasteiger partial charge is 0.243 e. The maximum absolute atomic E-state index is 14.4. The van der Waals surface area contributed by atoms with E-state index in [1.807, 2.05) is 50.2 Å². The lowest BCUT2D eigenvalue weighted by Gasteiger charge is -2.28. The number of nitrogens with one attached hydrogen (secondary N) is 3. The molecule has 5 rings (SSSR count). The van der Waals surface area contributed by atoms with Crippen LogP contribution in [-0.2, 0) is 33.6 Å². The molecule has 1 aromatic heterocycles. The second-order valence-electron chi connectivity index (χ2n) is 12.7. The number of benzene rings is 4. The molecule has 0 aliphatic rings. The molecule has 9 heteroatoms. The molecule has 1 heterocycles. The van der Waals surface area contributed by atoms with Gasteiger partial charge in [0.2, 0.25) is 17.7 Å². The maximum atomic E-state index is 14.4. The lowest BCUT2D eigenvalue weighted by atomic mass is 9.87. The summed E-state index contributed by atoms with van der Waals surface area (Å²) in [4.78, 5) is 47.1. The Labute approximate surface area is 275 Å². The van der Waals surface area contributed by atoms with Crippen LogP contribution in [0.2, 0.25) is 0 Å². The zero-order valence-corrected chi connectivity index (χ0v) is 26.9. The number of aliphatic hydroxyl groups is 1. The molecule has 3 amide bonds. The molecule has 0 aliphatic carbocycles. The van der Waals surface area contributed by atoms with Crippen LogP contribution in [0.1, 0.15) is 43.5 Å². The first kappa shape index (κ1) is 33.3. The van der Waals surface area contributed by atoms with Gasteiger partial charge < -0.3 is 26.5 Å². The molecular formula is C38H43N5O4. The third kappa shape index (κ3) is 8.83. The summed E-state index contributed by atoms with van der Waals surface area (Å²) in [5, 5.41) is 21.1. The molecule has 0 radical (unpaired) electrons. The number of nitrogens with zero attached hydrogens (tertiary/aromatic N) is 1. The highest BCUT2D eigenvalue weighted by Gasteiger charge is 2.31. The molecule has 9 nitrogen and oxygen atoms in total. The molecule has 47 heavy (non-hydrogen) atoms. The van der Waals surface area contributed by atoms with Crippen LogP contribution in [0.5, 0.6) is 0 Å². The van der Waals surface area contributed by atoms with Gasteiger partial charge in [0.15, 0.2) is 0 Å². The summed E-state index contributed by atoms with van der Waals surface area (Å²) in [6, 6.07) is 26.8. The van der Waals surface area contributed by atoms with Crippen molar-refractivity contribution in [1.82, 2.24) is 20.6 Å². The number of imidazole rings is 1. The number of aromatic nitrogens is 2. The van der Waals surface area contributed by atoms with E-state index in [1.165, 1.54) is 6.33 Å². The average Bonchev–Trinajstić information content (AvgIpc) is 3.57. The van der Waals surface area contributed by atoms with Crippen molar-refractivity contribution in [2.75, 3.05) is 0 Å². The molecule has 0 aliphatic heterocycles. The Kier molecular flexibility index (Phi) is 11.0. The molecule has 6 N–H and O–H groups in total. The summed E-state index contributed by atoms with van der Waals surface area (Å²) in [6.45, 7) is 3.93. The van der Waals surface area contributed by atoms with Crippen LogP contribution in [0.4, 0.5) is 0 Å². The molecule has 0 saturated carbocycles. The van der Waals surface area contributed by atoms with Gasteiger partial charge in [-0.05, 0) is 57.9 Å². The number of aromatic amines is 1. The summed E-state index contributed by atoms with van der Waals surface area (Å²) in [5.41, 5.74) is 8.05. The van der Waals surface area contributed by atoms with Gasteiger partial charge in [-0.15, -0.1) is 0 Å². The molecule has 4 aromatic carbocycles. The zero-order valence-electron chi connectivity index (χ0n) is 26.9. The van der Waals surface area contributed by atoms with Crippen LogP contribution in [0.3, 0.4) is 0 Å². The molecule has 0 fully saturated rings. The first-order chi connectivity index (χ1) is 22.7. The van der Waals surface area contributed by atoms with Crippen molar-refractivity contribution in [2.45, 2.75) is 64.1 Å². The van der Waals surface area contributed by atoms with E-state index < -0.39 is 35.9 Å². The second kappa shape index (κ2) is 15.5. The van der Waals surface area contributed by atoms with Gasteiger partial charge in [-0.1, -0.05) is 98.8 Å². The van der Waals surface area contributed by atoms with Crippen molar-refractivity contribution in [3.63, 3.8) is 0 Å². The van der Waals surface area contributed by atoms with Gasteiger partial charge in [0.25, 0.3) is 0 Å². The zero-order chi connectivity index (χ0) is 33.3. The van der Waals surface area contributed by atoms with Gasteiger partial charge in [0, 0.05) is 18.5 Å². The predicted octanol–water partition coefficient (Wildman–Crippen LogP) is 4.61. The number of nitrogens with two attached hydrogens (primary N) is 1. The summed E-state index contributed by atoms with van der Waals surface area (Å²) >= 11 is 0. The van der Waals surface area contributed by atoms with Crippen LogP contribution in [0, 0.1) is 11.8 Å². The normalized spacial score (nSPS) is 13.5. The number of H-pyrrole nitrogens is 1. The number of fused-ring (bicyclic) bond motifs is 2. The van der Waals surface area contributed by atoms with Crippen molar-refractivity contribution in [1.29, 1.82) is 0 Å². The quantitative estimate of drug-likeness (QED) is 0.114. The van der Waals surface area contributed by atoms with Crippen LogP contribution >= 0.6 is 0 Å². The molecule has 2 unspecified atom stereocenters.